The second kappa shape index (κ2) is 6.32. The monoisotopic (exact) mass is 282 g/mol. The molecule has 0 bridgehead atoms. The third-order valence-electron chi connectivity index (χ3n) is 3.11. The zero-order valence-corrected chi connectivity index (χ0v) is 12.0. The molecule has 0 saturated heterocycles. The van der Waals surface area contributed by atoms with Crippen LogP contribution in [0.15, 0.2) is 48.9 Å². The maximum absolute atomic E-state index is 4.45. The van der Waals surface area contributed by atoms with E-state index in [0.717, 1.165) is 24.5 Å². The zero-order valence-electron chi connectivity index (χ0n) is 12.0. The second-order valence-electron chi connectivity index (χ2n) is 4.92. The fourth-order valence-electron chi connectivity index (χ4n) is 2.06. The van der Waals surface area contributed by atoms with E-state index in [1.165, 1.54) is 5.56 Å². The molecule has 6 heteroatoms. The Balaban J connectivity index is 1.49. The van der Waals surface area contributed by atoms with Gasteiger partial charge < -0.3 is 5.32 Å². The third kappa shape index (κ3) is 3.55. The largest absolute Gasteiger partial charge is 0.309 e. The normalized spacial score (nSPS) is 10.9. The highest BCUT2D eigenvalue weighted by Crippen LogP contribution is 2.03. The molecule has 108 valence electrons. The van der Waals surface area contributed by atoms with Crippen LogP contribution in [0.2, 0.25) is 0 Å². The highest BCUT2D eigenvalue weighted by Gasteiger charge is 2.02. The van der Waals surface area contributed by atoms with Crippen molar-refractivity contribution in [3.8, 4) is 5.69 Å². The van der Waals surface area contributed by atoms with Crippen LogP contribution in [0.5, 0.6) is 0 Å². The fraction of sp³-hybridized carbons (Fsp3) is 0.267. The minimum absolute atomic E-state index is 0.701. The summed E-state index contributed by atoms with van der Waals surface area (Å²) in [5, 5.41) is 16.3. The number of hydrogen-bond donors (Lipinski definition) is 1. The molecule has 0 saturated carbocycles. The first-order valence-electron chi connectivity index (χ1n) is 6.98. The predicted molar refractivity (Wildman–Crippen MR) is 80.0 cm³/mol. The van der Waals surface area contributed by atoms with Gasteiger partial charge in [0.05, 0.1) is 30.3 Å². The lowest BCUT2D eigenvalue weighted by molar-refractivity contribution is 0.550. The average molecular weight is 282 g/mol. The van der Waals surface area contributed by atoms with Crippen LogP contribution in [0.4, 0.5) is 0 Å². The SMILES string of the molecule is Cc1cnn(CCNCc2cnn(-c3ccccc3)n2)c1. The van der Waals surface area contributed by atoms with Gasteiger partial charge in [-0.1, -0.05) is 18.2 Å². The standard InChI is InChI=1S/C15H18N6/c1-13-9-17-20(12-13)8-7-16-10-14-11-18-21(19-14)15-5-3-2-4-6-15/h2-6,9,11-12,16H,7-8,10H2,1H3. The summed E-state index contributed by atoms with van der Waals surface area (Å²) in [4.78, 5) is 1.65. The maximum atomic E-state index is 4.45. The lowest BCUT2D eigenvalue weighted by Crippen LogP contribution is -2.20. The van der Waals surface area contributed by atoms with Gasteiger partial charge in [0.15, 0.2) is 0 Å². The summed E-state index contributed by atoms with van der Waals surface area (Å²) in [5.74, 6) is 0. The van der Waals surface area contributed by atoms with Gasteiger partial charge in [0.1, 0.15) is 0 Å². The summed E-state index contributed by atoms with van der Waals surface area (Å²) in [7, 11) is 0. The molecule has 0 spiro atoms. The summed E-state index contributed by atoms with van der Waals surface area (Å²) in [5.41, 5.74) is 3.08. The van der Waals surface area contributed by atoms with Gasteiger partial charge >= 0.3 is 0 Å². The van der Waals surface area contributed by atoms with Crippen LogP contribution in [-0.4, -0.2) is 31.3 Å². The van der Waals surface area contributed by atoms with Gasteiger partial charge in [-0.15, -0.1) is 0 Å². The van der Waals surface area contributed by atoms with E-state index in [4.69, 9.17) is 0 Å². The van der Waals surface area contributed by atoms with Crippen LogP contribution in [0.3, 0.4) is 0 Å². The van der Waals surface area contributed by atoms with Gasteiger partial charge in [0.2, 0.25) is 0 Å². The predicted octanol–water partition coefficient (Wildman–Crippen LogP) is 1.56. The van der Waals surface area contributed by atoms with E-state index in [-0.39, 0.29) is 0 Å². The third-order valence-corrected chi connectivity index (χ3v) is 3.11. The summed E-state index contributed by atoms with van der Waals surface area (Å²) >= 11 is 0. The van der Waals surface area contributed by atoms with E-state index in [1.54, 1.807) is 11.0 Å². The molecular weight excluding hydrogens is 264 g/mol. The van der Waals surface area contributed by atoms with E-state index >= 15 is 0 Å². The molecule has 0 atom stereocenters. The molecule has 6 nitrogen and oxygen atoms in total. The Hall–Kier alpha value is -2.47. The minimum Gasteiger partial charge on any atom is -0.309 e. The molecule has 0 amide bonds. The van der Waals surface area contributed by atoms with Crippen LogP contribution >= 0.6 is 0 Å². The number of hydrogen-bond acceptors (Lipinski definition) is 4. The quantitative estimate of drug-likeness (QED) is 0.697. The van der Waals surface area contributed by atoms with Crippen molar-refractivity contribution in [3.63, 3.8) is 0 Å². The van der Waals surface area contributed by atoms with Gasteiger partial charge in [-0.2, -0.15) is 20.1 Å². The molecule has 0 aliphatic rings. The van der Waals surface area contributed by atoms with Crippen molar-refractivity contribution in [3.05, 3.63) is 60.2 Å². The molecule has 3 aromatic rings. The first-order valence-corrected chi connectivity index (χ1v) is 6.98. The number of nitrogens with one attached hydrogen (secondary N) is 1. The Bertz CT molecular complexity index is 685. The lowest BCUT2D eigenvalue weighted by atomic mass is 10.3. The van der Waals surface area contributed by atoms with E-state index in [9.17, 15) is 0 Å². The summed E-state index contributed by atoms with van der Waals surface area (Å²) in [6, 6.07) is 9.90. The van der Waals surface area contributed by atoms with Crippen LogP contribution in [-0.2, 0) is 13.1 Å². The molecule has 1 aromatic carbocycles. The Kier molecular flexibility index (Phi) is 4.07. The van der Waals surface area contributed by atoms with Crippen LogP contribution in [0, 0.1) is 6.92 Å². The summed E-state index contributed by atoms with van der Waals surface area (Å²) < 4.78 is 1.93. The van der Waals surface area contributed by atoms with Crippen LogP contribution in [0.1, 0.15) is 11.3 Å². The smallest absolute Gasteiger partial charge is 0.0969 e. The van der Waals surface area contributed by atoms with Gasteiger partial charge in [-0.25, -0.2) is 0 Å². The zero-order chi connectivity index (χ0) is 14.5. The van der Waals surface area contributed by atoms with Crippen molar-refractivity contribution in [2.45, 2.75) is 20.0 Å². The van der Waals surface area contributed by atoms with E-state index in [1.807, 2.05) is 54.3 Å². The maximum Gasteiger partial charge on any atom is 0.0969 e. The van der Waals surface area contributed by atoms with Crippen molar-refractivity contribution in [1.82, 2.24) is 30.1 Å². The van der Waals surface area contributed by atoms with Crippen molar-refractivity contribution in [2.75, 3.05) is 6.54 Å². The lowest BCUT2D eigenvalue weighted by Gasteiger charge is -2.02. The molecule has 2 heterocycles. The van der Waals surface area contributed by atoms with Crippen molar-refractivity contribution < 1.29 is 0 Å². The van der Waals surface area contributed by atoms with E-state index in [0.29, 0.717) is 6.54 Å². The highest BCUT2D eigenvalue weighted by atomic mass is 15.5. The number of aryl methyl sites for hydroxylation is 1. The topological polar surface area (TPSA) is 60.6 Å². The highest BCUT2D eigenvalue weighted by molar-refractivity contribution is 5.28. The molecular formula is C15H18N6. The number of benzene rings is 1. The number of nitrogens with zero attached hydrogens (tertiary/aromatic N) is 5. The molecule has 3 rings (SSSR count). The van der Waals surface area contributed by atoms with Gasteiger partial charge in [0.25, 0.3) is 0 Å². The van der Waals surface area contributed by atoms with Gasteiger partial charge in [-0.3, -0.25) is 4.68 Å². The Labute approximate surface area is 123 Å². The molecule has 0 aliphatic carbocycles. The van der Waals surface area contributed by atoms with E-state index < -0.39 is 0 Å². The molecule has 0 aliphatic heterocycles. The van der Waals surface area contributed by atoms with Crippen molar-refractivity contribution in [1.29, 1.82) is 0 Å². The second-order valence-corrected chi connectivity index (χ2v) is 4.92. The number of para-hydroxylation sites is 1. The van der Waals surface area contributed by atoms with E-state index in [2.05, 4.69) is 20.6 Å². The first kappa shape index (κ1) is 13.5. The minimum atomic E-state index is 0.701. The van der Waals surface area contributed by atoms with Crippen molar-refractivity contribution >= 4 is 0 Å². The van der Waals surface area contributed by atoms with Crippen molar-refractivity contribution in [2.24, 2.45) is 0 Å². The summed E-state index contributed by atoms with van der Waals surface area (Å²) in [6.07, 6.45) is 5.69. The molecule has 1 N–H and O–H groups in total. The molecule has 2 aromatic heterocycles. The van der Waals surface area contributed by atoms with Gasteiger partial charge in [0, 0.05) is 19.3 Å². The Morgan fingerprint density at radius 3 is 2.71 bits per heavy atom. The van der Waals surface area contributed by atoms with Crippen LogP contribution < -0.4 is 5.32 Å². The number of rotatable bonds is 6. The molecule has 21 heavy (non-hydrogen) atoms. The average Bonchev–Trinajstić information content (AvgIpc) is 3.14. The molecule has 0 unspecified atom stereocenters. The van der Waals surface area contributed by atoms with Gasteiger partial charge in [-0.05, 0) is 24.6 Å². The molecule has 0 fully saturated rings. The Morgan fingerprint density at radius 1 is 1.10 bits per heavy atom. The number of aromatic nitrogens is 5. The molecule has 0 radical (unpaired) electrons. The van der Waals surface area contributed by atoms with Crippen LogP contribution in [0.25, 0.3) is 5.69 Å². The first-order chi connectivity index (χ1) is 10.3. The fourth-order valence-corrected chi connectivity index (χ4v) is 2.06. The Morgan fingerprint density at radius 2 is 1.95 bits per heavy atom. The summed E-state index contributed by atoms with van der Waals surface area (Å²) in [6.45, 7) is 4.44.